The molecule has 3 rings (SSSR count). The van der Waals surface area contributed by atoms with E-state index >= 15 is 0 Å². The van der Waals surface area contributed by atoms with Gasteiger partial charge in [0.2, 0.25) is 0 Å². The maximum absolute atomic E-state index is 12.4. The monoisotopic (exact) mass is 278 g/mol. The van der Waals surface area contributed by atoms with E-state index < -0.39 is 0 Å². The Kier molecular flexibility index (Phi) is 2.97. The van der Waals surface area contributed by atoms with Gasteiger partial charge in [-0.05, 0) is 43.9 Å². The molecule has 0 aromatic heterocycles. The molecule has 1 atom stereocenters. The van der Waals surface area contributed by atoms with E-state index in [9.17, 15) is 9.59 Å². The zero-order chi connectivity index (χ0) is 13.6. The van der Waals surface area contributed by atoms with E-state index in [1.807, 2.05) is 13.0 Å². The van der Waals surface area contributed by atoms with Crippen LogP contribution in [0, 0.1) is 6.92 Å². The summed E-state index contributed by atoms with van der Waals surface area (Å²) in [6, 6.07) is 4.80. The topological polar surface area (TPSA) is 40.6 Å². The summed E-state index contributed by atoms with van der Waals surface area (Å²) in [5.74, 6) is -0.121. The fraction of sp³-hybridized carbons (Fsp3) is 0.429. The van der Waals surface area contributed by atoms with E-state index in [-0.39, 0.29) is 18.0 Å². The number of benzene rings is 1. The third-order valence-electron chi connectivity index (χ3n) is 3.86. The smallest absolute Gasteiger partial charge is 0.312 e. The van der Waals surface area contributed by atoms with Gasteiger partial charge in [-0.2, -0.15) is 0 Å². The lowest BCUT2D eigenvalue weighted by molar-refractivity contribution is -0.120. The number of hydrogen-bond donors (Lipinski definition) is 0. The van der Waals surface area contributed by atoms with Crippen LogP contribution in [0.1, 0.15) is 24.8 Å². The van der Waals surface area contributed by atoms with Crippen molar-refractivity contribution in [2.45, 2.75) is 32.2 Å². The van der Waals surface area contributed by atoms with Crippen molar-refractivity contribution in [3.05, 3.63) is 28.8 Å². The first-order chi connectivity index (χ1) is 9.09. The summed E-state index contributed by atoms with van der Waals surface area (Å²) in [5, 5.41) is 0.572. The molecule has 2 heterocycles. The number of rotatable bonds is 1. The van der Waals surface area contributed by atoms with Crippen molar-refractivity contribution in [3.8, 4) is 0 Å². The second-order valence-corrected chi connectivity index (χ2v) is 5.50. The summed E-state index contributed by atoms with van der Waals surface area (Å²) in [5.41, 5.74) is 1.50. The van der Waals surface area contributed by atoms with Crippen molar-refractivity contribution in [2.24, 2.45) is 0 Å². The van der Waals surface area contributed by atoms with Crippen LogP contribution in [0.3, 0.4) is 0 Å². The molecule has 2 fully saturated rings. The third-order valence-corrected chi connectivity index (χ3v) is 4.27. The summed E-state index contributed by atoms with van der Waals surface area (Å²) in [7, 11) is 0. The lowest BCUT2D eigenvalue weighted by Gasteiger charge is -2.25. The Labute approximate surface area is 116 Å². The van der Waals surface area contributed by atoms with Gasteiger partial charge in [0.25, 0.3) is 5.91 Å². The van der Waals surface area contributed by atoms with Crippen LogP contribution in [-0.2, 0) is 4.79 Å². The van der Waals surface area contributed by atoms with Crippen molar-refractivity contribution in [1.29, 1.82) is 0 Å². The predicted molar refractivity (Wildman–Crippen MR) is 73.4 cm³/mol. The normalized spacial score (nSPS) is 22.9. The van der Waals surface area contributed by atoms with Gasteiger partial charge in [-0.3, -0.25) is 4.79 Å². The summed E-state index contributed by atoms with van der Waals surface area (Å²) >= 11 is 6.08. The van der Waals surface area contributed by atoms with Gasteiger partial charge in [-0.1, -0.05) is 17.7 Å². The molecule has 0 saturated carbocycles. The highest BCUT2D eigenvalue weighted by Crippen LogP contribution is 2.32. The molecule has 0 aliphatic carbocycles. The third kappa shape index (κ3) is 1.91. The van der Waals surface area contributed by atoms with Crippen LogP contribution in [0.2, 0.25) is 5.02 Å². The predicted octanol–water partition coefficient (Wildman–Crippen LogP) is 2.97. The van der Waals surface area contributed by atoms with E-state index in [1.165, 1.54) is 4.90 Å². The molecule has 2 aliphatic heterocycles. The zero-order valence-corrected chi connectivity index (χ0v) is 11.5. The van der Waals surface area contributed by atoms with Crippen molar-refractivity contribution in [1.82, 2.24) is 4.90 Å². The number of aryl methyl sites for hydroxylation is 1. The molecule has 2 aliphatic rings. The van der Waals surface area contributed by atoms with Crippen LogP contribution in [0.5, 0.6) is 0 Å². The summed E-state index contributed by atoms with van der Waals surface area (Å²) in [6.45, 7) is 2.56. The number of nitrogens with zero attached hydrogens (tertiary/aromatic N) is 2. The van der Waals surface area contributed by atoms with Gasteiger partial charge in [0.15, 0.2) is 0 Å². The molecule has 0 radical (unpaired) electrons. The number of anilines is 1. The first-order valence-corrected chi connectivity index (χ1v) is 6.88. The second-order valence-electron chi connectivity index (χ2n) is 5.09. The number of fused-ring (bicyclic) bond motifs is 1. The fourth-order valence-corrected chi connectivity index (χ4v) is 2.92. The van der Waals surface area contributed by atoms with Gasteiger partial charge in [-0.15, -0.1) is 0 Å². The first kappa shape index (κ1) is 12.5. The van der Waals surface area contributed by atoms with Crippen LogP contribution in [0.15, 0.2) is 18.2 Å². The van der Waals surface area contributed by atoms with E-state index in [0.29, 0.717) is 17.3 Å². The summed E-state index contributed by atoms with van der Waals surface area (Å²) in [6.07, 6.45) is 2.74. The fourth-order valence-electron chi connectivity index (χ4n) is 2.75. The Bertz CT molecular complexity index is 534. The maximum Gasteiger partial charge on any atom is 0.332 e. The van der Waals surface area contributed by atoms with Crippen LogP contribution < -0.4 is 4.90 Å². The summed E-state index contributed by atoms with van der Waals surface area (Å²) < 4.78 is 0. The highest BCUT2D eigenvalue weighted by atomic mass is 35.5. The first-order valence-electron chi connectivity index (χ1n) is 6.50. The SMILES string of the molecule is Cc1ccc(N2C(=O)C3CCCCN3C2=O)cc1Cl. The highest BCUT2D eigenvalue weighted by Gasteiger charge is 2.46. The lowest BCUT2D eigenvalue weighted by Crippen LogP contribution is -2.39. The molecule has 0 N–H and O–H groups in total. The highest BCUT2D eigenvalue weighted by molar-refractivity contribution is 6.32. The molecule has 0 bridgehead atoms. The average Bonchev–Trinajstić information content (AvgIpc) is 2.66. The van der Waals surface area contributed by atoms with Gasteiger partial charge >= 0.3 is 6.03 Å². The Hall–Kier alpha value is -1.55. The molecule has 100 valence electrons. The van der Waals surface area contributed by atoms with E-state index in [1.54, 1.807) is 17.0 Å². The van der Waals surface area contributed by atoms with Crippen LogP contribution >= 0.6 is 11.6 Å². The van der Waals surface area contributed by atoms with Gasteiger partial charge in [-0.25, -0.2) is 9.69 Å². The molecule has 19 heavy (non-hydrogen) atoms. The zero-order valence-electron chi connectivity index (χ0n) is 10.7. The molecule has 3 amide bonds. The minimum atomic E-state index is -0.277. The van der Waals surface area contributed by atoms with Gasteiger partial charge in [0, 0.05) is 11.6 Å². The van der Waals surface area contributed by atoms with Crippen molar-refractivity contribution in [2.75, 3.05) is 11.4 Å². The second kappa shape index (κ2) is 4.53. The number of amides is 3. The molecule has 1 unspecified atom stereocenters. The minimum absolute atomic E-state index is 0.121. The number of urea groups is 1. The van der Waals surface area contributed by atoms with E-state index in [0.717, 1.165) is 24.8 Å². The van der Waals surface area contributed by atoms with E-state index in [4.69, 9.17) is 11.6 Å². The Morgan fingerprint density at radius 3 is 2.74 bits per heavy atom. The van der Waals surface area contributed by atoms with E-state index in [2.05, 4.69) is 0 Å². The molecule has 1 aromatic rings. The standard InChI is InChI=1S/C14H15ClN2O2/c1-9-5-6-10(8-11(9)15)17-13(18)12-4-2-3-7-16(12)14(17)19/h5-6,8,12H,2-4,7H2,1H3. The number of piperidine rings is 1. The van der Waals surface area contributed by atoms with Crippen LogP contribution in [-0.4, -0.2) is 29.4 Å². The Balaban J connectivity index is 1.98. The van der Waals surface area contributed by atoms with Crippen molar-refractivity contribution < 1.29 is 9.59 Å². The number of carbonyl (C=O) groups is 2. The molecular formula is C14H15ClN2O2. The molecule has 2 saturated heterocycles. The Morgan fingerprint density at radius 2 is 2.05 bits per heavy atom. The minimum Gasteiger partial charge on any atom is -0.312 e. The van der Waals surface area contributed by atoms with Gasteiger partial charge < -0.3 is 4.90 Å². The van der Waals surface area contributed by atoms with Crippen LogP contribution in [0.25, 0.3) is 0 Å². The number of carbonyl (C=O) groups excluding carboxylic acids is 2. The molecular weight excluding hydrogens is 264 g/mol. The molecule has 5 heteroatoms. The van der Waals surface area contributed by atoms with Crippen molar-refractivity contribution in [3.63, 3.8) is 0 Å². The molecule has 1 aromatic carbocycles. The van der Waals surface area contributed by atoms with Gasteiger partial charge in [0.1, 0.15) is 6.04 Å². The summed E-state index contributed by atoms with van der Waals surface area (Å²) in [4.78, 5) is 27.6. The largest absolute Gasteiger partial charge is 0.332 e. The number of halogens is 1. The molecule has 0 spiro atoms. The lowest BCUT2D eigenvalue weighted by atomic mass is 10.0. The van der Waals surface area contributed by atoms with Gasteiger partial charge in [0.05, 0.1) is 5.69 Å². The number of imide groups is 1. The Morgan fingerprint density at radius 1 is 1.26 bits per heavy atom. The quantitative estimate of drug-likeness (QED) is 0.741. The average molecular weight is 279 g/mol. The maximum atomic E-state index is 12.4. The molecule has 4 nitrogen and oxygen atoms in total. The number of hydrogen-bond acceptors (Lipinski definition) is 2. The van der Waals surface area contributed by atoms with Crippen molar-refractivity contribution >= 4 is 29.2 Å². The van der Waals surface area contributed by atoms with Crippen LogP contribution in [0.4, 0.5) is 10.5 Å².